The molecule has 148 valence electrons. The summed E-state index contributed by atoms with van der Waals surface area (Å²) in [4.78, 5) is 11.8. The molecule has 0 atom stereocenters. The largest absolute Gasteiger partial charge is 0.378 e. The first-order valence-electron chi connectivity index (χ1n) is 9.87. The molecule has 1 aliphatic rings. The van der Waals surface area contributed by atoms with Crippen molar-refractivity contribution in [1.82, 2.24) is 19.6 Å². The number of fused-ring (bicyclic) bond motifs is 1. The molecular formula is C21H27N5O2. The summed E-state index contributed by atoms with van der Waals surface area (Å²) >= 11 is 0. The number of hydrogen-bond acceptors (Lipinski definition) is 6. The molecule has 0 N–H and O–H groups in total. The van der Waals surface area contributed by atoms with E-state index < -0.39 is 0 Å². The molecule has 0 bridgehead atoms. The third-order valence-corrected chi connectivity index (χ3v) is 4.93. The van der Waals surface area contributed by atoms with E-state index in [4.69, 9.17) is 14.5 Å². The van der Waals surface area contributed by atoms with Gasteiger partial charge in [-0.05, 0) is 39.0 Å². The Morgan fingerprint density at radius 2 is 2.00 bits per heavy atom. The number of aromatic nitrogens is 4. The van der Waals surface area contributed by atoms with Gasteiger partial charge in [0.15, 0.2) is 5.65 Å². The lowest BCUT2D eigenvalue weighted by molar-refractivity contribution is 0.0809. The second-order valence-electron chi connectivity index (χ2n) is 7.30. The molecule has 0 radical (unpaired) electrons. The zero-order chi connectivity index (χ0) is 19.5. The van der Waals surface area contributed by atoms with E-state index in [0.29, 0.717) is 6.61 Å². The Labute approximate surface area is 165 Å². The number of imidazole rings is 1. The highest BCUT2D eigenvalue weighted by Gasteiger charge is 2.19. The topological polar surface area (TPSA) is 64.8 Å². The summed E-state index contributed by atoms with van der Waals surface area (Å²) in [6, 6.07) is 6.19. The van der Waals surface area contributed by atoms with Crippen molar-refractivity contribution >= 4 is 11.3 Å². The fourth-order valence-corrected chi connectivity index (χ4v) is 3.54. The van der Waals surface area contributed by atoms with Crippen LogP contribution in [0.3, 0.4) is 0 Å². The van der Waals surface area contributed by atoms with Crippen LogP contribution in [0.2, 0.25) is 0 Å². The predicted octanol–water partition coefficient (Wildman–Crippen LogP) is 2.90. The standard InChI is InChI=1S/C21H27N5O2/c1-15(2)28-11-7-18-5-4-17(14-22-18)20-16(3)24-21-19(6-8-23-26(20)21)25-9-12-27-13-10-25/h4-6,8,14-15H,7,9-13H2,1-3H3. The maximum atomic E-state index is 5.62. The molecular weight excluding hydrogens is 354 g/mol. The number of ether oxygens (including phenoxy) is 2. The predicted molar refractivity (Wildman–Crippen MR) is 109 cm³/mol. The molecule has 0 saturated carbocycles. The summed E-state index contributed by atoms with van der Waals surface area (Å²) in [7, 11) is 0. The monoisotopic (exact) mass is 381 g/mol. The Morgan fingerprint density at radius 1 is 1.18 bits per heavy atom. The molecule has 7 heteroatoms. The fraction of sp³-hybridized carbons (Fsp3) is 0.476. The summed E-state index contributed by atoms with van der Waals surface area (Å²) in [5.41, 5.74) is 5.96. The third-order valence-electron chi connectivity index (χ3n) is 4.93. The highest BCUT2D eigenvalue weighted by Crippen LogP contribution is 2.28. The van der Waals surface area contributed by atoms with Crippen molar-refractivity contribution in [3.63, 3.8) is 0 Å². The molecule has 0 spiro atoms. The SMILES string of the molecule is Cc1nc2c(N3CCOCC3)ccnn2c1-c1ccc(CCOC(C)C)nc1. The first-order chi connectivity index (χ1) is 13.6. The molecule has 1 saturated heterocycles. The minimum atomic E-state index is 0.242. The van der Waals surface area contributed by atoms with Gasteiger partial charge in [0.25, 0.3) is 0 Å². The van der Waals surface area contributed by atoms with Crippen molar-refractivity contribution in [2.45, 2.75) is 33.3 Å². The maximum absolute atomic E-state index is 5.62. The van der Waals surface area contributed by atoms with Gasteiger partial charge < -0.3 is 14.4 Å². The van der Waals surface area contributed by atoms with Crippen LogP contribution >= 0.6 is 0 Å². The van der Waals surface area contributed by atoms with E-state index in [1.165, 1.54) is 0 Å². The Kier molecular flexibility index (Phi) is 5.54. The Hall–Kier alpha value is -2.51. The number of rotatable bonds is 6. The highest BCUT2D eigenvalue weighted by atomic mass is 16.5. The molecule has 1 aliphatic heterocycles. The molecule has 1 fully saturated rings. The Balaban J connectivity index is 1.63. The van der Waals surface area contributed by atoms with Gasteiger partial charge in [0.1, 0.15) is 0 Å². The van der Waals surface area contributed by atoms with Gasteiger partial charge in [-0.3, -0.25) is 4.98 Å². The van der Waals surface area contributed by atoms with Crippen molar-refractivity contribution < 1.29 is 9.47 Å². The van der Waals surface area contributed by atoms with E-state index in [2.05, 4.69) is 27.1 Å². The highest BCUT2D eigenvalue weighted by molar-refractivity contribution is 5.75. The van der Waals surface area contributed by atoms with Crippen LogP contribution in [-0.2, 0) is 15.9 Å². The van der Waals surface area contributed by atoms with Crippen LogP contribution < -0.4 is 4.90 Å². The molecule has 7 nitrogen and oxygen atoms in total. The molecule has 4 heterocycles. The van der Waals surface area contributed by atoms with Gasteiger partial charge in [0.05, 0.1) is 49.2 Å². The van der Waals surface area contributed by atoms with Crippen molar-refractivity contribution in [3.8, 4) is 11.3 Å². The number of nitrogens with zero attached hydrogens (tertiary/aromatic N) is 5. The third kappa shape index (κ3) is 3.86. The number of morpholine rings is 1. The fourth-order valence-electron chi connectivity index (χ4n) is 3.54. The second-order valence-corrected chi connectivity index (χ2v) is 7.30. The molecule has 28 heavy (non-hydrogen) atoms. The van der Waals surface area contributed by atoms with Crippen LogP contribution in [0.5, 0.6) is 0 Å². The second kappa shape index (κ2) is 8.24. The molecule has 3 aromatic rings. The van der Waals surface area contributed by atoms with E-state index in [9.17, 15) is 0 Å². The molecule has 3 aromatic heterocycles. The van der Waals surface area contributed by atoms with E-state index >= 15 is 0 Å². The normalized spacial score (nSPS) is 14.9. The van der Waals surface area contributed by atoms with Crippen molar-refractivity contribution in [2.75, 3.05) is 37.8 Å². The van der Waals surface area contributed by atoms with Crippen LogP contribution in [0.25, 0.3) is 16.9 Å². The quantitative estimate of drug-likeness (QED) is 0.654. The minimum Gasteiger partial charge on any atom is -0.378 e. The number of hydrogen-bond donors (Lipinski definition) is 0. The maximum Gasteiger partial charge on any atom is 0.178 e. The summed E-state index contributed by atoms with van der Waals surface area (Å²) in [5.74, 6) is 0. The van der Waals surface area contributed by atoms with Gasteiger partial charge in [-0.2, -0.15) is 5.10 Å². The smallest absolute Gasteiger partial charge is 0.178 e. The Bertz CT molecular complexity index is 930. The van der Waals surface area contributed by atoms with E-state index in [0.717, 1.165) is 66.7 Å². The summed E-state index contributed by atoms with van der Waals surface area (Å²) in [6.07, 6.45) is 4.80. The number of anilines is 1. The van der Waals surface area contributed by atoms with Gasteiger partial charge in [-0.15, -0.1) is 0 Å². The van der Waals surface area contributed by atoms with Crippen LogP contribution in [0.1, 0.15) is 25.2 Å². The van der Waals surface area contributed by atoms with Gasteiger partial charge in [-0.25, -0.2) is 9.50 Å². The minimum absolute atomic E-state index is 0.242. The van der Waals surface area contributed by atoms with Gasteiger partial charge in [0.2, 0.25) is 0 Å². The lowest BCUT2D eigenvalue weighted by Crippen LogP contribution is -2.36. The van der Waals surface area contributed by atoms with Crippen molar-refractivity contribution in [2.24, 2.45) is 0 Å². The van der Waals surface area contributed by atoms with Crippen LogP contribution in [0, 0.1) is 6.92 Å². The van der Waals surface area contributed by atoms with Crippen molar-refractivity contribution in [1.29, 1.82) is 0 Å². The molecule has 0 aliphatic carbocycles. The molecule has 0 aromatic carbocycles. The van der Waals surface area contributed by atoms with Crippen LogP contribution in [0.4, 0.5) is 5.69 Å². The lowest BCUT2D eigenvalue weighted by Gasteiger charge is -2.28. The number of aryl methyl sites for hydroxylation is 1. The lowest BCUT2D eigenvalue weighted by atomic mass is 10.1. The van der Waals surface area contributed by atoms with Crippen LogP contribution in [-0.4, -0.2) is 58.6 Å². The average molecular weight is 381 g/mol. The van der Waals surface area contributed by atoms with E-state index in [1.54, 1.807) is 0 Å². The zero-order valence-corrected chi connectivity index (χ0v) is 16.8. The summed E-state index contributed by atoms with van der Waals surface area (Å²) < 4.78 is 13.0. The molecule has 0 amide bonds. The van der Waals surface area contributed by atoms with Gasteiger partial charge >= 0.3 is 0 Å². The molecule has 0 unspecified atom stereocenters. The van der Waals surface area contributed by atoms with Crippen molar-refractivity contribution in [3.05, 3.63) is 42.0 Å². The van der Waals surface area contributed by atoms with E-state index in [-0.39, 0.29) is 6.10 Å². The van der Waals surface area contributed by atoms with Gasteiger partial charge in [-0.1, -0.05) is 0 Å². The van der Waals surface area contributed by atoms with Gasteiger partial charge in [0, 0.05) is 37.0 Å². The first-order valence-corrected chi connectivity index (χ1v) is 9.87. The average Bonchev–Trinajstić information content (AvgIpc) is 3.05. The van der Waals surface area contributed by atoms with Crippen LogP contribution in [0.15, 0.2) is 30.6 Å². The summed E-state index contributed by atoms with van der Waals surface area (Å²) in [5, 5.41) is 4.57. The Morgan fingerprint density at radius 3 is 2.71 bits per heavy atom. The zero-order valence-electron chi connectivity index (χ0n) is 16.8. The summed E-state index contributed by atoms with van der Waals surface area (Å²) in [6.45, 7) is 10.0. The van der Waals surface area contributed by atoms with E-state index in [1.807, 2.05) is 43.7 Å². The molecule has 4 rings (SSSR count). The number of pyridine rings is 1. The first kappa shape index (κ1) is 18.8.